The third-order valence-corrected chi connectivity index (χ3v) is 3.98. The maximum Gasteiger partial charge on any atom is 0.222 e. The number of anilines is 3. The molecule has 0 radical (unpaired) electrons. The van der Waals surface area contributed by atoms with Crippen LogP contribution in [0.5, 0.6) is 11.5 Å². The van der Waals surface area contributed by atoms with E-state index in [4.69, 9.17) is 16.2 Å². The van der Waals surface area contributed by atoms with Crippen molar-refractivity contribution in [1.29, 1.82) is 0 Å². The summed E-state index contributed by atoms with van der Waals surface area (Å²) in [6, 6.07) is 2.52. The molecule has 0 atom stereocenters. The number of nitrogens with two attached hydrogens (primary N) is 2. The van der Waals surface area contributed by atoms with Crippen molar-refractivity contribution < 1.29 is 4.74 Å². The Hall–Kier alpha value is -2.57. The van der Waals surface area contributed by atoms with Crippen LogP contribution in [0.4, 0.5) is 17.6 Å². The Balaban J connectivity index is 1.95. The molecule has 1 fully saturated rings. The predicted octanol–water partition coefficient (Wildman–Crippen LogP) is 2.55. The molecule has 7 nitrogen and oxygen atoms in total. The highest BCUT2D eigenvalue weighted by molar-refractivity contribution is 5.54. The van der Waals surface area contributed by atoms with E-state index in [1.54, 1.807) is 0 Å². The summed E-state index contributed by atoms with van der Waals surface area (Å²) in [4.78, 5) is 14.6. The van der Waals surface area contributed by atoms with Crippen molar-refractivity contribution >= 4 is 17.6 Å². The maximum atomic E-state index is 5.98. The topological polar surface area (TPSA) is 103 Å². The molecule has 2 aromatic rings. The molecule has 7 heteroatoms. The molecule has 1 aliphatic rings. The standard InChI is InChI=1S/C16H22N6O/c1-9(2)11-7-19-14(22(3)10-4-5-10)6-12(11)23-13-8-20-16(18)21-15(13)17/h6-10H,4-5H2,1-3H3,(H4,17,18,20,21). The normalized spacial score (nSPS) is 14.1. The molecule has 0 bridgehead atoms. The van der Waals surface area contributed by atoms with E-state index in [1.165, 1.54) is 19.0 Å². The molecular weight excluding hydrogens is 292 g/mol. The number of nitrogen functional groups attached to an aromatic ring is 2. The summed E-state index contributed by atoms with van der Waals surface area (Å²) in [6.45, 7) is 4.19. The molecule has 0 spiro atoms. The fraction of sp³-hybridized carbons (Fsp3) is 0.438. The van der Waals surface area contributed by atoms with Gasteiger partial charge in [0.15, 0.2) is 11.6 Å². The first-order chi connectivity index (χ1) is 11.0. The molecule has 0 amide bonds. The average molecular weight is 314 g/mol. The molecule has 23 heavy (non-hydrogen) atoms. The van der Waals surface area contributed by atoms with E-state index in [0.29, 0.717) is 11.8 Å². The van der Waals surface area contributed by atoms with Crippen molar-refractivity contribution in [3.8, 4) is 11.5 Å². The minimum atomic E-state index is 0.128. The first-order valence-corrected chi connectivity index (χ1v) is 7.74. The number of hydrogen-bond acceptors (Lipinski definition) is 7. The maximum absolute atomic E-state index is 5.98. The van der Waals surface area contributed by atoms with Crippen LogP contribution in [0, 0.1) is 0 Å². The summed E-state index contributed by atoms with van der Waals surface area (Å²) in [6.07, 6.45) is 5.77. The van der Waals surface area contributed by atoms with Crippen molar-refractivity contribution in [2.24, 2.45) is 0 Å². The second kappa shape index (κ2) is 5.91. The quantitative estimate of drug-likeness (QED) is 0.874. The fourth-order valence-electron chi connectivity index (χ4n) is 2.40. The second-order valence-corrected chi connectivity index (χ2v) is 6.16. The third kappa shape index (κ3) is 3.28. The molecule has 1 aliphatic carbocycles. The minimum absolute atomic E-state index is 0.128. The lowest BCUT2D eigenvalue weighted by molar-refractivity contribution is 0.470. The Morgan fingerprint density at radius 1 is 1.17 bits per heavy atom. The third-order valence-electron chi connectivity index (χ3n) is 3.98. The SMILES string of the molecule is CC(C)c1cnc(N(C)C2CC2)cc1Oc1cnc(N)nc1N. The van der Waals surface area contributed by atoms with Crippen LogP contribution in [-0.4, -0.2) is 28.0 Å². The van der Waals surface area contributed by atoms with Gasteiger partial charge < -0.3 is 21.1 Å². The summed E-state index contributed by atoms with van der Waals surface area (Å²) in [7, 11) is 2.06. The first kappa shape index (κ1) is 15.3. The average Bonchev–Trinajstić information content (AvgIpc) is 3.34. The van der Waals surface area contributed by atoms with Gasteiger partial charge in [-0.1, -0.05) is 13.8 Å². The Morgan fingerprint density at radius 2 is 1.91 bits per heavy atom. The van der Waals surface area contributed by atoms with Crippen LogP contribution in [0.15, 0.2) is 18.5 Å². The molecule has 2 heterocycles. The molecule has 0 saturated heterocycles. The Kier molecular flexibility index (Phi) is 3.94. The summed E-state index contributed by atoms with van der Waals surface area (Å²) in [5.41, 5.74) is 12.4. The Labute approximate surface area is 135 Å². The number of aromatic nitrogens is 3. The highest BCUT2D eigenvalue weighted by Gasteiger charge is 2.28. The van der Waals surface area contributed by atoms with Crippen LogP contribution in [0.25, 0.3) is 0 Å². The smallest absolute Gasteiger partial charge is 0.222 e. The number of hydrogen-bond donors (Lipinski definition) is 2. The Morgan fingerprint density at radius 3 is 2.52 bits per heavy atom. The summed E-state index contributed by atoms with van der Waals surface area (Å²) < 4.78 is 5.98. The van der Waals surface area contributed by atoms with Crippen molar-refractivity contribution in [3.05, 3.63) is 24.0 Å². The lowest BCUT2D eigenvalue weighted by Crippen LogP contribution is -2.20. The van der Waals surface area contributed by atoms with Crippen LogP contribution < -0.4 is 21.1 Å². The second-order valence-electron chi connectivity index (χ2n) is 6.16. The van der Waals surface area contributed by atoms with Gasteiger partial charge in [0.2, 0.25) is 5.95 Å². The van der Waals surface area contributed by atoms with Crippen molar-refractivity contribution in [2.75, 3.05) is 23.4 Å². The van der Waals surface area contributed by atoms with Crippen molar-refractivity contribution in [1.82, 2.24) is 15.0 Å². The van der Waals surface area contributed by atoms with Crippen LogP contribution >= 0.6 is 0 Å². The minimum Gasteiger partial charge on any atom is -0.451 e. The lowest BCUT2D eigenvalue weighted by Gasteiger charge is -2.20. The van der Waals surface area contributed by atoms with Crippen LogP contribution in [0.1, 0.15) is 38.2 Å². The predicted molar refractivity (Wildman–Crippen MR) is 90.7 cm³/mol. The number of ether oxygens (including phenoxy) is 1. The summed E-state index contributed by atoms with van der Waals surface area (Å²) in [5, 5.41) is 0. The van der Waals surface area contributed by atoms with Gasteiger partial charge in [0, 0.05) is 30.9 Å². The summed E-state index contributed by atoms with van der Waals surface area (Å²) >= 11 is 0. The van der Waals surface area contributed by atoms with E-state index < -0.39 is 0 Å². The van der Waals surface area contributed by atoms with Gasteiger partial charge in [-0.05, 0) is 18.8 Å². The Bertz CT molecular complexity index is 714. The fourth-order valence-corrected chi connectivity index (χ4v) is 2.40. The molecule has 1 saturated carbocycles. The number of nitrogens with zero attached hydrogens (tertiary/aromatic N) is 4. The largest absolute Gasteiger partial charge is 0.451 e. The first-order valence-electron chi connectivity index (χ1n) is 7.74. The van der Waals surface area contributed by atoms with E-state index in [9.17, 15) is 0 Å². The zero-order valence-corrected chi connectivity index (χ0v) is 13.7. The number of pyridine rings is 1. The van der Waals surface area contributed by atoms with E-state index in [0.717, 1.165) is 17.1 Å². The van der Waals surface area contributed by atoms with Crippen LogP contribution in [0.2, 0.25) is 0 Å². The van der Waals surface area contributed by atoms with E-state index >= 15 is 0 Å². The van der Waals surface area contributed by atoms with Gasteiger partial charge in [0.25, 0.3) is 0 Å². The molecule has 2 aromatic heterocycles. The van der Waals surface area contributed by atoms with Crippen molar-refractivity contribution in [3.63, 3.8) is 0 Å². The molecule has 0 unspecified atom stereocenters. The highest BCUT2D eigenvalue weighted by Crippen LogP contribution is 2.36. The van der Waals surface area contributed by atoms with Crippen molar-refractivity contribution in [2.45, 2.75) is 38.6 Å². The molecule has 0 aliphatic heterocycles. The highest BCUT2D eigenvalue weighted by atomic mass is 16.5. The van der Waals surface area contributed by atoms with E-state index in [2.05, 4.69) is 40.7 Å². The van der Waals surface area contributed by atoms with Gasteiger partial charge >= 0.3 is 0 Å². The molecular formula is C16H22N6O. The van der Waals surface area contributed by atoms with Gasteiger partial charge in [-0.3, -0.25) is 0 Å². The lowest BCUT2D eigenvalue weighted by atomic mass is 10.0. The molecule has 4 N–H and O–H groups in total. The molecule has 122 valence electrons. The monoisotopic (exact) mass is 314 g/mol. The van der Waals surface area contributed by atoms with Crippen LogP contribution in [0.3, 0.4) is 0 Å². The van der Waals surface area contributed by atoms with Crippen LogP contribution in [-0.2, 0) is 0 Å². The van der Waals surface area contributed by atoms with E-state index in [-0.39, 0.29) is 17.7 Å². The summed E-state index contributed by atoms with van der Waals surface area (Å²) in [5.74, 6) is 2.63. The molecule has 0 aromatic carbocycles. The number of rotatable bonds is 5. The molecule has 3 rings (SSSR count). The zero-order chi connectivity index (χ0) is 16.6. The van der Waals surface area contributed by atoms with Gasteiger partial charge in [-0.2, -0.15) is 4.98 Å². The van der Waals surface area contributed by atoms with Gasteiger partial charge in [0.1, 0.15) is 11.6 Å². The zero-order valence-electron chi connectivity index (χ0n) is 13.7. The van der Waals surface area contributed by atoms with Gasteiger partial charge in [-0.25, -0.2) is 9.97 Å². The van der Waals surface area contributed by atoms with Gasteiger partial charge in [-0.15, -0.1) is 0 Å². The van der Waals surface area contributed by atoms with E-state index in [1.807, 2.05) is 12.3 Å². The van der Waals surface area contributed by atoms with Gasteiger partial charge in [0.05, 0.1) is 6.20 Å².